The average Bonchev–Trinajstić information content (AvgIpc) is 3.36. The van der Waals surface area contributed by atoms with Crippen LogP contribution in [0, 0.1) is 11.3 Å². The lowest BCUT2D eigenvalue weighted by molar-refractivity contribution is -0.145. The molecule has 1 unspecified atom stereocenters. The van der Waals surface area contributed by atoms with Crippen LogP contribution in [0.2, 0.25) is 0 Å². The number of nitriles is 1. The maximum Gasteiger partial charge on any atom is 0.323 e. The first-order valence-corrected chi connectivity index (χ1v) is 11.0. The summed E-state index contributed by atoms with van der Waals surface area (Å²) in [7, 11) is -2.78. The number of fused-ring (bicyclic) bond motifs is 1. The maximum atomic E-state index is 12.2. The number of ether oxygens (including phenoxy) is 2. The smallest absolute Gasteiger partial charge is 0.323 e. The van der Waals surface area contributed by atoms with Gasteiger partial charge in [0, 0.05) is 0 Å². The molecule has 0 aliphatic carbocycles. The molecule has 0 amide bonds. The molecule has 1 saturated heterocycles. The number of carbonyl (C=O) groups excluding carboxylic acids is 1. The van der Waals surface area contributed by atoms with Crippen molar-refractivity contribution >= 4 is 25.5 Å². The molecule has 4 atom stereocenters. The summed E-state index contributed by atoms with van der Waals surface area (Å²) in [6.45, 7) is 3.52. The van der Waals surface area contributed by atoms with Crippen LogP contribution in [0.5, 0.6) is 0 Å². The lowest BCUT2D eigenvalue weighted by Crippen LogP contribution is -2.34. The third-order valence-electron chi connectivity index (χ3n) is 4.80. The zero-order chi connectivity index (χ0) is 21.7. The van der Waals surface area contributed by atoms with Gasteiger partial charge >= 0.3 is 5.97 Å². The largest absolute Gasteiger partial charge is 0.465 e. The summed E-state index contributed by atoms with van der Waals surface area (Å²) >= 11 is 0. The summed E-state index contributed by atoms with van der Waals surface area (Å²) in [6.07, 6.45) is 2.60. The van der Waals surface area contributed by atoms with Crippen molar-refractivity contribution in [2.45, 2.75) is 50.9 Å². The molecule has 0 bridgehead atoms. The van der Waals surface area contributed by atoms with E-state index in [4.69, 9.17) is 19.7 Å². The third-order valence-corrected chi connectivity index (χ3v) is 5.87. The Bertz CT molecular complexity index is 976. The molecule has 3 heterocycles. The number of hydrogen-bond acceptors (Lipinski definition) is 9. The minimum absolute atomic E-state index is 0.193. The highest BCUT2D eigenvalue weighted by atomic mass is 31.1. The van der Waals surface area contributed by atoms with Gasteiger partial charge in [-0.2, -0.15) is 10.4 Å². The van der Waals surface area contributed by atoms with Crippen LogP contribution in [0.25, 0.3) is 5.52 Å². The SMILES string of the molecule is CCCOC(=O)[C@H](C)N[PH](=O)OC[C@]1(C#N)CC[C@H](c2ccc3c(N)ncnn23)O1. The first-order valence-electron chi connectivity index (χ1n) is 9.66. The molecule has 11 nitrogen and oxygen atoms in total. The van der Waals surface area contributed by atoms with Crippen molar-refractivity contribution in [3.63, 3.8) is 0 Å². The van der Waals surface area contributed by atoms with Gasteiger partial charge in [0.1, 0.15) is 30.1 Å². The van der Waals surface area contributed by atoms with Crippen molar-refractivity contribution in [3.8, 4) is 6.07 Å². The van der Waals surface area contributed by atoms with Gasteiger partial charge in [0.15, 0.2) is 11.4 Å². The predicted molar refractivity (Wildman–Crippen MR) is 108 cm³/mol. The number of aromatic nitrogens is 3. The van der Waals surface area contributed by atoms with Crippen LogP contribution in [0.1, 0.15) is 44.9 Å². The van der Waals surface area contributed by atoms with E-state index in [9.17, 15) is 14.6 Å². The van der Waals surface area contributed by atoms with E-state index >= 15 is 0 Å². The molecule has 1 aliphatic rings. The van der Waals surface area contributed by atoms with E-state index in [2.05, 4.69) is 21.2 Å². The van der Waals surface area contributed by atoms with Gasteiger partial charge in [-0.05, 0) is 38.3 Å². The maximum absolute atomic E-state index is 12.2. The third kappa shape index (κ3) is 4.79. The molecule has 0 radical (unpaired) electrons. The molecule has 3 N–H and O–H groups in total. The number of carbonyl (C=O) groups is 1. The molecule has 162 valence electrons. The van der Waals surface area contributed by atoms with Crippen molar-refractivity contribution in [2.75, 3.05) is 18.9 Å². The molecular weight excluding hydrogens is 411 g/mol. The summed E-state index contributed by atoms with van der Waals surface area (Å²) in [6, 6.07) is 4.97. The zero-order valence-electron chi connectivity index (χ0n) is 16.8. The van der Waals surface area contributed by atoms with Crippen LogP contribution in [-0.4, -0.2) is 45.4 Å². The van der Waals surface area contributed by atoms with Crippen molar-refractivity contribution in [3.05, 3.63) is 24.2 Å². The van der Waals surface area contributed by atoms with E-state index in [0.29, 0.717) is 37.2 Å². The van der Waals surface area contributed by atoms with Gasteiger partial charge in [0.25, 0.3) is 8.18 Å². The summed E-state index contributed by atoms with van der Waals surface area (Å²) < 4.78 is 30.2. The Morgan fingerprint density at radius 3 is 3.13 bits per heavy atom. The average molecular weight is 436 g/mol. The fourth-order valence-corrected chi connectivity index (χ4v) is 4.11. The molecule has 0 saturated carbocycles. The number of esters is 1. The molecule has 1 aliphatic heterocycles. The molecule has 1 fully saturated rings. The van der Waals surface area contributed by atoms with E-state index in [0.717, 1.165) is 5.69 Å². The fraction of sp³-hybridized carbons (Fsp3) is 0.556. The van der Waals surface area contributed by atoms with Crippen molar-refractivity contribution in [1.29, 1.82) is 5.26 Å². The summed E-state index contributed by atoms with van der Waals surface area (Å²) in [5, 5.41) is 16.4. The number of hydrogen-bond donors (Lipinski definition) is 2. The van der Waals surface area contributed by atoms with E-state index < -0.39 is 31.9 Å². The van der Waals surface area contributed by atoms with Gasteiger partial charge < -0.3 is 19.7 Å². The molecule has 30 heavy (non-hydrogen) atoms. The summed E-state index contributed by atoms with van der Waals surface area (Å²) in [5.41, 5.74) is 6.01. The highest BCUT2D eigenvalue weighted by Gasteiger charge is 2.43. The number of nitrogens with zero attached hydrogens (tertiary/aromatic N) is 4. The number of nitrogen functional groups attached to an aromatic ring is 1. The highest BCUT2D eigenvalue weighted by molar-refractivity contribution is 7.36. The second kappa shape index (κ2) is 9.53. The van der Waals surface area contributed by atoms with Crippen LogP contribution in [-0.2, 0) is 23.4 Å². The Labute approximate surface area is 174 Å². The number of nitrogens with one attached hydrogen (secondary N) is 1. The number of anilines is 1. The quantitative estimate of drug-likeness (QED) is 0.439. The normalized spacial score (nSPS) is 23.2. The molecule has 3 rings (SSSR count). The minimum atomic E-state index is -2.78. The lowest BCUT2D eigenvalue weighted by Gasteiger charge is -2.22. The van der Waals surface area contributed by atoms with Gasteiger partial charge in [0.2, 0.25) is 0 Å². The summed E-state index contributed by atoms with van der Waals surface area (Å²) in [4.78, 5) is 15.7. The van der Waals surface area contributed by atoms with Crippen LogP contribution < -0.4 is 10.8 Å². The topological polar surface area (TPSA) is 154 Å². The van der Waals surface area contributed by atoms with Crippen molar-refractivity contribution in [2.24, 2.45) is 0 Å². The monoisotopic (exact) mass is 436 g/mol. The molecule has 2 aromatic heterocycles. The van der Waals surface area contributed by atoms with E-state index in [1.54, 1.807) is 10.6 Å². The van der Waals surface area contributed by atoms with Gasteiger partial charge in [-0.15, -0.1) is 0 Å². The van der Waals surface area contributed by atoms with Crippen LogP contribution in [0.3, 0.4) is 0 Å². The minimum Gasteiger partial charge on any atom is -0.465 e. The van der Waals surface area contributed by atoms with Crippen molar-refractivity contribution in [1.82, 2.24) is 19.7 Å². The first-order chi connectivity index (χ1) is 14.4. The fourth-order valence-electron chi connectivity index (χ4n) is 3.19. The van der Waals surface area contributed by atoms with Gasteiger partial charge in [-0.25, -0.2) is 14.6 Å². The molecule has 0 aromatic carbocycles. The van der Waals surface area contributed by atoms with E-state index in [-0.39, 0.29) is 6.61 Å². The van der Waals surface area contributed by atoms with E-state index in [1.165, 1.54) is 13.3 Å². The van der Waals surface area contributed by atoms with Gasteiger partial charge in [-0.3, -0.25) is 9.36 Å². The van der Waals surface area contributed by atoms with Crippen LogP contribution in [0.4, 0.5) is 5.82 Å². The van der Waals surface area contributed by atoms with Crippen molar-refractivity contribution < 1.29 is 23.4 Å². The molecular formula is C18H25N6O5P. The lowest BCUT2D eigenvalue weighted by atomic mass is 10.0. The Morgan fingerprint density at radius 2 is 2.40 bits per heavy atom. The van der Waals surface area contributed by atoms with Gasteiger partial charge in [0.05, 0.1) is 18.9 Å². The summed E-state index contributed by atoms with van der Waals surface area (Å²) in [5.74, 6) is -0.160. The number of nitrogens with two attached hydrogens (primary N) is 1. The molecule has 12 heteroatoms. The first kappa shape index (κ1) is 22.2. The van der Waals surface area contributed by atoms with E-state index in [1.807, 2.05) is 13.0 Å². The Hall–Kier alpha value is -2.51. The van der Waals surface area contributed by atoms with Gasteiger partial charge in [-0.1, -0.05) is 6.92 Å². The van der Waals surface area contributed by atoms with Crippen LogP contribution >= 0.6 is 8.18 Å². The number of rotatable bonds is 9. The molecule has 2 aromatic rings. The predicted octanol–water partition coefficient (Wildman–Crippen LogP) is 1.76. The molecule has 0 spiro atoms. The zero-order valence-corrected chi connectivity index (χ0v) is 17.8. The second-order valence-electron chi connectivity index (χ2n) is 7.06. The van der Waals surface area contributed by atoms with Crippen LogP contribution in [0.15, 0.2) is 18.5 Å². The second-order valence-corrected chi connectivity index (χ2v) is 8.21. The Kier molecular flexibility index (Phi) is 7.05. The Balaban J connectivity index is 1.59. The Morgan fingerprint density at radius 1 is 1.60 bits per heavy atom. The standard InChI is InChI=1S/C18H25N6O5P/c1-3-8-27-17(25)12(2)23-30(26)28-10-18(9-19)7-6-15(29-18)13-4-5-14-16(20)21-11-22-24(13)14/h4-5,11-12,15,30H,3,6-8,10H2,1-2H3,(H,23,26)(H2,20,21,22)/t12-,15+,18+/m0/s1. The highest BCUT2D eigenvalue weighted by Crippen LogP contribution is 2.41.